The lowest BCUT2D eigenvalue weighted by molar-refractivity contribution is 0.111. The third kappa shape index (κ3) is 1.85. The van der Waals surface area contributed by atoms with Gasteiger partial charge in [-0.15, -0.1) is 0 Å². The monoisotopic (exact) mass is 204 g/mol. The average molecular weight is 204 g/mol. The van der Waals surface area contributed by atoms with Crippen molar-refractivity contribution in [1.82, 2.24) is 10.1 Å². The second kappa shape index (κ2) is 3.91. The zero-order valence-corrected chi connectivity index (χ0v) is 8.01. The average Bonchev–Trinajstić information content (AvgIpc) is 2.78. The lowest BCUT2D eigenvalue weighted by Gasteiger charge is -1.99. The van der Waals surface area contributed by atoms with E-state index in [2.05, 4.69) is 10.1 Å². The van der Waals surface area contributed by atoms with Crippen molar-refractivity contribution >= 4 is 6.29 Å². The van der Waals surface area contributed by atoms with E-state index in [1.54, 1.807) is 31.4 Å². The highest BCUT2D eigenvalue weighted by Gasteiger charge is 2.08. The van der Waals surface area contributed by atoms with Gasteiger partial charge in [0.1, 0.15) is 5.75 Å². The van der Waals surface area contributed by atoms with Crippen LogP contribution in [0, 0.1) is 0 Å². The second-order valence-corrected chi connectivity index (χ2v) is 2.81. The van der Waals surface area contributed by atoms with E-state index in [0.29, 0.717) is 17.9 Å². The summed E-state index contributed by atoms with van der Waals surface area (Å²) in [5.74, 6) is 1.03. The van der Waals surface area contributed by atoms with Crippen LogP contribution in [0.3, 0.4) is 0 Å². The molecule has 0 saturated carbocycles. The maximum Gasteiger partial charge on any atom is 0.258 e. The molecule has 0 aliphatic heterocycles. The van der Waals surface area contributed by atoms with Gasteiger partial charge < -0.3 is 9.26 Å². The van der Waals surface area contributed by atoms with E-state index in [9.17, 15) is 4.79 Å². The summed E-state index contributed by atoms with van der Waals surface area (Å²) in [6.07, 6.45) is 0.535. The van der Waals surface area contributed by atoms with E-state index < -0.39 is 0 Å². The molecule has 1 aromatic carbocycles. The molecule has 0 aliphatic rings. The molecule has 0 saturated heterocycles. The molecule has 2 rings (SSSR count). The summed E-state index contributed by atoms with van der Waals surface area (Å²) in [5, 5.41) is 3.47. The number of nitrogens with zero attached hydrogens (tertiary/aromatic N) is 2. The van der Waals surface area contributed by atoms with Crippen LogP contribution >= 0.6 is 0 Å². The van der Waals surface area contributed by atoms with E-state index in [0.717, 1.165) is 5.56 Å². The van der Waals surface area contributed by atoms with Crippen LogP contribution in [-0.2, 0) is 0 Å². The lowest BCUT2D eigenvalue weighted by atomic mass is 10.2. The van der Waals surface area contributed by atoms with Gasteiger partial charge in [-0.25, -0.2) is 0 Å². The summed E-state index contributed by atoms with van der Waals surface area (Å²) in [6, 6.07) is 7.16. The first kappa shape index (κ1) is 9.39. The molecule has 0 amide bonds. The Bertz CT molecular complexity index is 479. The molecule has 76 valence electrons. The van der Waals surface area contributed by atoms with Gasteiger partial charge in [-0.05, 0) is 18.2 Å². The summed E-state index contributed by atoms with van der Waals surface area (Å²) in [6.45, 7) is 0. The summed E-state index contributed by atoms with van der Waals surface area (Å²) in [5.41, 5.74) is 0.718. The quantitative estimate of drug-likeness (QED) is 0.710. The number of aldehydes is 1. The van der Waals surface area contributed by atoms with E-state index in [1.807, 2.05) is 0 Å². The highest BCUT2D eigenvalue weighted by Crippen LogP contribution is 2.21. The van der Waals surface area contributed by atoms with Crippen LogP contribution in [0.5, 0.6) is 5.75 Å². The molecule has 0 unspecified atom stereocenters. The van der Waals surface area contributed by atoms with Crippen molar-refractivity contribution in [2.45, 2.75) is 0 Å². The standard InChI is InChI=1S/C10H8N2O3/c1-14-8-4-2-3-7(5-8)10-11-9(6-13)12-15-10/h2-6H,1H3. The number of carbonyl (C=O) groups excluding carboxylic acids is 1. The van der Waals surface area contributed by atoms with Crippen LogP contribution in [0.15, 0.2) is 28.8 Å². The zero-order chi connectivity index (χ0) is 10.7. The molecule has 1 aromatic heterocycles. The van der Waals surface area contributed by atoms with E-state index in [-0.39, 0.29) is 5.82 Å². The Kier molecular flexibility index (Phi) is 2.45. The van der Waals surface area contributed by atoms with Crippen molar-refractivity contribution in [3.63, 3.8) is 0 Å². The molecule has 5 heteroatoms. The SMILES string of the molecule is COc1cccc(-c2nc(C=O)no2)c1. The van der Waals surface area contributed by atoms with Crippen molar-refractivity contribution in [3.8, 4) is 17.2 Å². The normalized spacial score (nSPS) is 9.93. The fraction of sp³-hybridized carbons (Fsp3) is 0.100. The molecule has 2 aromatic rings. The molecule has 0 N–H and O–H groups in total. The predicted octanol–water partition coefficient (Wildman–Crippen LogP) is 1.56. The largest absolute Gasteiger partial charge is 0.497 e. The highest BCUT2D eigenvalue weighted by molar-refractivity contribution is 5.69. The molecule has 0 bridgehead atoms. The Morgan fingerprint density at radius 3 is 3.00 bits per heavy atom. The second-order valence-electron chi connectivity index (χ2n) is 2.81. The van der Waals surface area contributed by atoms with Gasteiger partial charge in [0.05, 0.1) is 7.11 Å². The van der Waals surface area contributed by atoms with E-state index in [4.69, 9.17) is 9.26 Å². The number of aromatic nitrogens is 2. The number of carbonyl (C=O) groups is 1. The number of ether oxygens (including phenoxy) is 1. The highest BCUT2D eigenvalue weighted by atomic mass is 16.5. The maximum atomic E-state index is 10.4. The van der Waals surface area contributed by atoms with Crippen molar-refractivity contribution < 1.29 is 14.1 Å². The van der Waals surface area contributed by atoms with Gasteiger partial charge in [0, 0.05) is 5.56 Å². The van der Waals surface area contributed by atoms with Crippen molar-refractivity contribution in [1.29, 1.82) is 0 Å². The summed E-state index contributed by atoms with van der Waals surface area (Å²) < 4.78 is 9.94. The van der Waals surface area contributed by atoms with Crippen LogP contribution in [0.2, 0.25) is 0 Å². The van der Waals surface area contributed by atoms with Gasteiger partial charge in [-0.1, -0.05) is 11.2 Å². The van der Waals surface area contributed by atoms with Crippen molar-refractivity contribution in [2.24, 2.45) is 0 Å². The lowest BCUT2D eigenvalue weighted by Crippen LogP contribution is -1.84. The maximum absolute atomic E-state index is 10.4. The van der Waals surface area contributed by atoms with Gasteiger partial charge in [0.2, 0.25) is 5.82 Å². The molecule has 0 fully saturated rings. The Morgan fingerprint density at radius 1 is 1.47 bits per heavy atom. The Labute approximate surface area is 85.7 Å². The Hall–Kier alpha value is -2.17. The molecular formula is C10H8N2O3. The molecule has 15 heavy (non-hydrogen) atoms. The van der Waals surface area contributed by atoms with Crippen LogP contribution in [-0.4, -0.2) is 23.5 Å². The summed E-state index contributed by atoms with van der Waals surface area (Å²) in [7, 11) is 1.57. The Balaban J connectivity index is 2.39. The number of rotatable bonds is 3. The molecular weight excluding hydrogens is 196 g/mol. The van der Waals surface area contributed by atoms with Crippen LogP contribution in [0.1, 0.15) is 10.6 Å². The molecule has 0 atom stereocenters. The third-order valence-corrected chi connectivity index (χ3v) is 1.86. The summed E-state index contributed by atoms with van der Waals surface area (Å²) >= 11 is 0. The summed E-state index contributed by atoms with van der Waals surface area (Å²) in [4.78, 5) is 14.2. The predicted molar refractivity (Wildman–Crippen MR) is 51.7 cm³/mol. The topological polar surface area (TPSA) is 65.2 Å². The fourth-order valence-corrected chi connectivity index (χ4v) is 1.16. The van der Waals surface area contributed by atoms with E-state index in [1.165, 1.54) is 0 Å². The van der Waals surface area contributed by atoms with E-state index >= 15 is 0 Å². The van der Waals surface area contributed by atoms with Gasteiger partial charge in [-0.3, -0.25) is 4.79 Å². The third-order valence-electron chi connectivity index (χ3n) is 1.86. The smallest absolute Gasteiger partial charge is 0.258 e. The molecule has 1 heterocycles. The number of hydrogen-bond acceptors (Lipinski definition) is 5. The first-order valence-electron chi connectivity index (χ1n) is 4.27. The van der Waals surface area contributed by atoms with Crippen molar-refractivity contribution in [3.05, 3.63) is 30.1 Å². The minimum absolute atomic E-state index is 0.0350. The minimum Gasteiger partial charge on any atom is -0.497 e. The van der Waals surface area contributed by atoms with Gasteiger partial charge in [0.15, 0.2) is 6.29 Å². The van der Waals surface area contributed by atoms with Gasteiger partial charge >= 0.3 is 0 Å². The van der Waals surface area contributed by atoms with Gasteiger partial charge in [-0.2, -0.15) is 4.98 Å². The van der Waals surface area contributed by atoms with Crippen LogP contribution in [0.4, 0.5) is 0 Å². The van der Waals surface area contributed by atoms with Crippen molar-refractivity contribution in [2.75, 3.05) is 7.11 Å². The van der Waals surface area contributed by atoms with Crippen LogP contribution < -0.4 is 4.74 Å². The van der Waals surface area contributed by atoms with Gasteiger partial charge in [0.25, 0.3) is 5.89 Å². The first-order valence-corrected chi connectivity index (χ1v) is 4.27. The molecule has 0 spiro atoms. The number of benzene rings is 1. The zero-order valence-electron chi connectivity index (χ0n) is 8.01. The Morgan fingerprint density at radius 2 is 2.33 bits per heavy atom. The minimum atomic E-state index is 0.0350. The molecule has 0 radical (unpaired) electrons. The van der Waals surface area contributed by atoms with Crippen LogP contribution in [0.25, 0.3) is 11.5 Å². The fourth-order valence-electron chi connectivity index (χ4n) is 1.16. The number of methoxy groups -OCH3 is 1. The number of hydrogen-bond donors (Lipinski definition) is 0. The molecule has 0 aliphatic carbocycles. The first-order chi connectivity index (χ1) is 7.33. The molecule has 5 nitrogen and oxygen atoms in total.